The van der Waals surface area contributed by atoms with E-state index in [4.69, 9.17) is 9.72 Å². The number of ether oxygens (including phenoxy) is 1. The lowest BCUT2D eigenvalue weighted by Gasteiger charge is -2.34. The number of fused-ring (bicyclic) bond motifs is 2. The van der Waals surface area contributed by atoms with Gasteiger partial charge in [-0.3, -0.25) is 9.67 Å². The molecule has 0 radical (unpaired) electrons. The van der Waals surface area contributed by atoms with E-state index < -0.39 is 5.92 Å². The molecule has 0 bridgehead atoms. The smallest absolute Gasteiger partial charge is 0.248 e. The molecular formula is C24H19F2IN6O. The highest BCUT2D eigenvalue weighted by atomic mass is 127. The first kappa shape index (κ1) is 21.4. The Hall–Kier alpha value is -3.15. The van der Waals surface area contributed by atoms with Gasteiger partial charge >= 0.3 is 0 Å². The fourth-order valence-electron chi connectivity index (χ4n) is 4.33. The summed E-state index contributed by atoms with van der Waals surface area (Å²) in [7, 11) is 0. The van der Waals surface area contributed by atoms with E-state index in [0.717, 1.165) is 37.0 Å². The van der Waals surface area contributed by atoms with Crippen LogP contribution in [-0.4, -0.2) is 35.6 Å². The first-order valence-corrected chi connectivity index (χ1v) is 11.9. The van der Waals surface area contributed by atoms with Crippen molar-refractivity contribution in [3.8, 4) is 22.8 Å². The normalized spacial score (nSPS) is 15.6. The zero-order valence-electron chi connectivity index (χ0n) is 18.1. The molecule has 34 heavy (non-hydrogen) atoms. The third-order valence-corrected chi connectivity index (χ3v) is 7.01. The monoisotopic (exact) mass is 572 g/mol. The molecule has 3 aromatic heterocycles. The number of nitrogens with one attached hydrogen (secondary N) is 1. The molecule has 0 spiro atoms. The van der Waals surface area contributed by atoms with Crippen LogP contribution in [0.1, 0.15) is 18.7 Å². The van der Waals surface area contributed by atoms with Crippen molar-refractivity contribution in [1.29, 1.82) is 0 Å². The molecular weight excluding hydrogens is 553 g/mol. The fourth-order valence-corrected chi connectivity index (χ4v) is 5.01. The summed E-state index contributed by atoms with van der Waals surface area (Å²) >= 11 is 2.22. The predicted molar refractivity (Wildman–Crippen MR) is 132 cm³/mol. The average Bonchev–Trinajstić information content (AvgIpc) is 3.39. The molecule has 0 aliphatic heterocycles. The van der Waals surface area contributed by atoms with Gasteiger partial charge in [-0.1, -0.05) is 0 Å². The molecule has 6 rings (SSSR count). The summed E-state index contributed by atoms with van der Waals surface area (Å²) in [6.07, 6.45) is 5.08. The van der Waals surface area contributed by atoms with Gasteiger partial charge in [0.2, 0.25) is 5.92 Å². The van der Waals surface area contributed by atoms with E-state index in [1.165, 1.54) is 0 Å². The summed E-state index contributed by atoms with van der Waals surface area (Å²) in [5.74, 6) is -0.346. The first-order valence-electron chi connectivity index (χ1n) is 10.8. The molecule has 1 N–H and O–H groups in total. The second kappa shape index (κ2) is 7.97. The van der Waals surface area contributed by atoms with Crippen LogP contribution in [0.25, 0.3) is 33.3 Å². The standard InChI is InChI=1S/C24H19F2IN6O/c1-13-30-17-3-2-16(6-19(17)31-13)34-21-5-4-18-23(22(21)27)32-20(10-28-18)15-9-29-33(12-15)11-14-7-24(25,26)8-14/h2-6,9-10,12,14H,7-8,11H2,1H3,(H,30,31). The van der Waals surface area contributed by atoms with Gasteiger partial charge < -0.3 is 9.72 Å². The maximum Gasteiger partial charge on any atom is 0.248 e. The Labute approximate surface area is 206 Å². The molecule has 0 atom stereocenters. The van der Waals surface area contributed by atoms with Crippen molar-refractivity contribution in [2.75, 3.05) is 0 Å². The number of aromatic nitrogens is 6. The van der Waals surface area contributed by atoms with Crippen LogP contribution >= 0.6 is 22.6 Å². The summed E-state index contributed by atoms with van der Waals surface area (Å²) < 4.78 is 35.0. The summed E-state index contributed by atoms with van der Waals surface area (Å²) in [6.45, 7) is 2.39. The zero-order valence-corrected chi connectivity index (χ0v) is 20.3. The molecule has 2 aromatic carbocycles. The number of H-pyrrole nitrogens is 1. The van der Waals surface area contributed by atoms with Crippen molar-refractivity contribution in [3.05, 3.63) is 58.3 Å². The van der Waals surface area contributed by atoms with Crippen molar-refractivity contribution in [3.63, 3.8) is 0 Å². The number of alkyl halides is 2. The maximum atomic E-state index is 13.1. The second-order valence-corrected chi connectivity index (χ2v) is 9.76. The minimum atomic E-state index is -2.52. The number of aryl methyl sites for hydroxylation is 1. The van der Waals surface area contributed by atoms with Crippen molar-refractivity contribution < 1.29 is 13.5 Å². The van der Waals surface area contributed by atoms with Crippen molar-refractivity contribution >= 4 is 44.7 Å². The van der Waals surface area contributed by atoms with E-state index in [-0.39, 0.29) is 18.8 Å². The van der Waals surface area contributed by atoms with Gasteiger partial charge in [0.1, 0.15) is 22.8 Å². The molecule has 3 heterocycles. The van der Waals surface area contributed by atoms with E-state index in [0.29, 0.717) is 23.7 Å². The fraction of sp³-hybridized carbons (Fsp3) is 0.250. The largest absolute Gasteiger partial charge is 0.456 e. The number of benzene rings is 2. The topological polar surface area (TPSA) is 81.5 Å². The number of rotatable bonds is 5. The molecule has 0 unspecified atom stereocenters. The van der Waals surface area contributed by atoms with Crippen LogP contribution in [0.4, 0.5) is 8.78 Å². The molecule has 0 amide bonds. The Kier molecular flexibility index (Phi) is 5.01. The van der Waals surface area contributed by atoms with Crippen LogP contribution in [0, 0.1) is 16.4 Å². The van der Waals surface area contributed by atoms with Gasteiger partial charge in [0.15, 0.2) is 0 Å². The zero-order chi connectivity index (χ0) is 23.4. The highest BCUT2D eigenvalue weighted by Gasteiger charge is 2.45. The maximum absolute atomic E-state index is 13.1. The number of hydrogen-bond donors (Lipinski definition) is 1. The van der Waals surface area contributed by atoms with Crippen LogP contribution in [0.3, 0.4) is 0 Å². The van der Waals surface area contributed by atoms with Gasteiger partial charge in [0.05, 0.1) is 38.2 Å². The molecule has 1 aliphatic rings. The van der Waals surface area contributed by atoms with Crippen molar-refractivity contribution in [2.24, 2.45) is 5.92 Å². The van der Waals surface area contributed by atoms with Crippen LogP contribution in [0.5, 0.6) is 11.5 Å². The lowest BCUT2D eigenvalue weighted by Crippen LogP contribution is -2.37. The van der Waals surface area contributed by atoms with Crippen LogP contribution in [0.2, 0.25) is 0 Å². The van der Waals surface area contributed by atoms with Gasteiger partial charge in [-0.05, 0) is 59.7 Å². The summed E-state index contributed by atoms with van der Waals surface area (Å²) in [4.78, 5) is 17.0. The SMILES string of the molecule is Cc1nc2ccc(Oc3ccc4ncc(-c5cnn(CC6CC(F)(F)C6)c5)nc4c3I)cc2[nH]1. The van der Waals surface area contributed by atoms with Gasteiger partial charge in [-0.2, -0.15) is 5.10 Å². The third kappa shape index (κ3) is 3.99. The molecule has 7 nitrogen and oxygen atoms in total. The van der Waals surface area contributed by atoms with Crippen molar-refractivity contribution in [1.82, 2.24) is 29.7 Å². The van der Waals surface area contributed by atoms with E-state index in [2.05, 4.69) is 42.6 Å². The molecule has 10 heteroatoms. The Morgan fingerprint density at radius 1 is 1.15 bits per heavy atom. The van der Waals surface area contributed by atoms with E-state index in [9.17, 15) is 8.78 Å². The number of halogens is 3. The van der Waals surface area contributed by atoms with Crippen LogP contribution in [0.15, 0.2) is 48.9 Å². The highest BCUT2D eigenvalue weighted by Crippen LogP contribution is 2.43. The molecule has 1 fully saturated rings. The molecule has 5 aromatic rings. The lowest BCUT2D eigenvalue weighted by atomic mass is 9.81. The number of aromatic amines is 1. The quantitative estimate of drug-likeness (QED) is 0.257. The summed E-state index contributed by atoms with van der Waals surface area (Å²) in [5.41, 5.74) is 4.74. The minimum Gasteiger partial charge on any atom is -0.456 e. The van der Waals surface area contributed by atoms with Gasteiger partial charge in [0, 0.05) is 37.2 Å². The Morgan fingerprint density at radius 3 is 2.79 bits per heavy atom. The Balaban J connectivity index is 1.27. The predicted octanol–water partition coefficient (Wildman–Crippen LogP) is 6.12. The van der Waals surface area contributed by atoms with Gasteiger partial charge in [-0.15, -0.1) is 0 Å². The van der Waals surface area contributed by atoms with E-state index in [1.54, 1.807) is 17.1 Å². The summed E-state index contributed by atoms with van der Waals surface area (Å²) in [5, 5.41) is 4.33. The van der Waals surface area contributed by atoms with Crippen LogP contribution < -0.4 is 4.74 Å². The van der Waals surface area contributed by atoms with Crippen molar-refractivity contribution in [2.45, 2.75) is 32.2 Å². The minimum absolute atomic E-state index is 0.0454. The molecule has 1 saturated carbocycles. The lowest BCUT2D eigenvalue weighted by molar-refractivity contribution is -0.114. The molecule has 1 aliphatic carbocycles. The van der Waals surface area contributed by atoms with E-state index in [1.807, 2.05) is 43.5 Å². The average molecular weight is 572 g/mol. The number of hydrogen-bond acceptors (Lipinski definition) is 5. The van der Waals surface area contributed by atoms with Gasteiger partial charge in [0.25, 0.3) is 0 Å². The summed E-state index contributed by atoms with van der Waals surface area (Å²) in [6, 6.07) is 9.49. The molecule has 172 valence electrons. The Bertz CT molecular complexity index is 1540. The Morgan fingerprint density at radius 2 is 1.97 bits per heavy atom. The third-order valence-electron chi connectivity index (χ3n) is 5.97. The highest BCUT2D eigenvalue weighted by molar-refractivity contribution is 14.1. The van der Waals surface area contributed by atoms with E-state index >= 15 is 0 Å². The first-order chi connectivity index (χ1) is 16.3. The molecule has 0 saturated heterocycles. The van der Waals surface area contributed by atoms with Gasteiger partial charge in [-0.25, -0.2) is 18.7 Å². The second-order valence-electron chi connectivity index (χ2n) is 8.69. The van der Waals surface area contributed by atoms with Crippen LogP contribution in [-0.2, 0) is 6.54 Å². The number of nitrogens with zero attached hydrogens (tertiary/aromatic N) is 5. The number of imidazole rings is 1.